The number of hydrogen-bond donors (Lipinski definition) is 4. The van der Waals surface area contributed by atoms with E-state index in [-0.39, 0.29) is 16.7 Å². The molecule has 68 valence electrons. The molecule has 0 aromatic heterocycles. The average Bonchev–Trinajstić information content (AvgIpc) is 1.85. The summed E-state index contributed by atoms with van der Waals surface area (Å²) in [6.45, 7) is 2.07. The Labute approximate surface area is 79.9 Å². The smallest absolute Gasteiger partial charge is 0.0457 e. The molecule has 0 aliphatic carbocycles. The molecular weight excluding hydrogens is 176 g/mol. The van der Waals surface area contributed by atoms with Gasteiger partial charge in [0.15, 0.2) is 0 Å². The maximum atomic E-state index is 5.77. The second kappa shape index (κ2) is 6.17. The van der Waals surface area contributed by atoms with Gasteiger partial charge < -0.3 is 11.5 Å². The highest BCUT2D eigenvalue weighted by Gasteiger charge is 2.09. The highest BCUT2D eigenvalue weighted by molar-refractivity contribution is 7.99. The summed E-state index contributed by atoms with van der Waals surface area (Å²) < 4.78 is 0.0778. The Kier molecular flexibility index (Phi) is 6.52. The molecule has 2 nitrogen and oxygen atoms in total. The molecule has 0 amide bonds. The number of nitrogens with two attached hydrogens (primary N) is 2. The fourth-order valence-corrected chi connectivity index (χ4v) is 1.46. The average molecular weight is 194 g/mol. The third-order valence-electron chi connectivity index (χ3n) is 1.64. The molecule has 11 heavy (non-hydrogen) atoms. The van der Waals surface area contributed by atoms with E-state index in [4.69, 9.17) is 11.5 Å². The summed E-state index contributed by atoms with van der Waals surface area (Å²) >= 11 is 8.26. The first-order valence-electron chi connectivity index (χ1n) is 3.93. The lowest BCUT2D eigenvalue weighted by Crippen LogP contribution is -2.32. The van der Waals surface area contributed by atoms with E-state index in [1.807, 2.05) is 0 Å². The summed E-state index contributed by atoms with van der Waals surface area (Å²) in [7, 11) is 0. The molecule has 4 heteroatoms. The Hall–Kier alpha value is 0.620. The van der Waals surface area contributed by atoms with Crippen molar-refractivity contribution in [2.24, 2.45) is 11.5 Å². The van der Waals surface area contributed by atoms with Crippen molar-refractivity contribution in [2.75, 3.05) is 0 Å². The molecule has 0 saturated carbocycles. The van der Waals surface area contributed by atoms with Crippen LogP contribution in [0.1, 0.15) is 26.2 Å². The van der Waals surface area contributed by atoms with Crippen LogP contribution in [0.15, 0.2) is 0 Å². The van der Waals surface area contributed by atoms with Crippen molar-refractivity contribution in [3.8, 4) is 0 Å². The summed E-state index contributed by atoms with van der Waals surface area (Å²) in [4.78, 5) is 0. The van der Waals surface area contributed by atoms with Crippen molar-refractivity contribution in [2.45, 2.75) is 42.9 Å². The Morgan fingerprint density at radius 1 is 1.09 bits per heavy atom. The van der Waals surface area contributed by atoms with E-state index in [1.54, 1.807) is 0 Å². The van der Waals surface area contributed by atoms with Crippen LogP contribution in [-0.2, 0) is 0 Å². The molecule has 2 unspecified atom stereocenters. The largest absolute Gasteiger partial charge is 0.328 e. The van der Waals surface area contributed by atoms with Gasteiger partial charge in [-0.3, -0.25) is 0 Å². The molecular formula is C7H18N2S2. The first-order valence-corrected chi connectivity index (χ1v) is 4.96. The van der Waals surface area contributed by atoms with Crippen molar-refractivity contribution in [3.63, 3.8) is 0 Å². The maximum absolute atomic E-state index is 5.77. The van der Waals surface area contributed by atoms with Crippen molar-refractivity contribution >= 4 is 25.3 Å². The van der Waals surface area contributed by atoms with Gasteiger partial charge in [-0.05, 0) is 19.3 Å². The lowest BCUT2D eigenvalue weighted by molar-refractivity contribution is 0.500. The van der Waals surface area contributed by atoms with E-state index in [0.29, 0.717) is 0 Å². The monoisotopic (exact) mass is 194 g/mol. The van der Waals surface area contributed by atoms with Gasteiger partial charge in [0.25, 0.3) is 0 Å². The van der Waals surface area contributed by atoms with E-state index < -0.39 is 0 Å². The Balaban J connectivity index is 3.43. The van der Waals surface area contributed by atoms with E-state index in [2.05, 4.69) is 32.2 Å². The lowest BCUT2D eigenvalue weighted by atomic mass is 10.0. The first kappa shape index (κ1) is 11.6. The minimum absolute atomic E-state index is 0.0778. The minimum Gasteiger partial charge on any atom is -0.328 e. The van der Waals surface area contributed by atoms with Gasteiger partial charge in [0.05, 0.1) is 0 Å². The summed E-state index contributed by atoms with van der Waals surface area (Å²) in [5.41, 5.74) is 11.5. The molecule has 2 atom stereocenters. The van der Waals surface area contributed by atoms with Crippen molar-refractivity contribution in [1.29, 1.82) is 0 Å². The quantitative estimate of drug-likeness (QED) is 0.390. The van der Waals surface area contributed by atoms with Gasteiger partial charge in [0.2, 0.25) is 0 Å². The number of hydrogen-bond acceptors (Lipinski definition) is 4. The molecule has 0 aliphatic heterocycles. The Morgan fingerprint density at radius 2 is 1.64 bits per heavy atom. The summed E-state index contributed by atoms with van der Waals surface area (Å²) in [5.74, 6) is 0. The zero-order chi connectivity index (χ0) is 8.85. The van der Waals surface area contributed by atoms with Crippen LogP contribution in [0.3, 0.4) is 0 Å². The van der Waals surface area contributed by atoms with Crippen molar-refractivity contribution < 1.29 is 0 Å². The van der Waals surface area contributed by atoms with Crippen LogP contribution in [0.25, 0.3) is 0 Å². The summed E-state index contributed by atoms with van der Waals surface area (Å²) in [6, 6.07) is 0.371. The SMILES string of the molecule is CCC(N)CC(N)CC(S)S. The van der Waals surface area contributed by atoms with E-state index in [1.165, 1.54) is 0 Å². The molecule has 0 spiro atoms. The topological polar surface area (TPSA) is 52.0 Å². The van der Waals surface area contributed by atoms with Gasteiger partial charge in [0.1, 0.15) is 0 Å². The molecule has 0 bridgehead atoms. The standard InChI is InChI=1S/C7H18N2S2/c1-2-5(8)3-6(9)4-7(10)11/h5-7,10-11H,2-4,8-9H2,1H3. The van der Waals surface area contributed by atoms with Crippen LogP contribution >= 0.6 is 25.3 Å². The van der Waals surface area contributed by atoms with Gasteiger partial charge in [0, 0.05) is 16.7 Å². The van der Waals surface area contributed by atoms with E-state index in [9.17, 15) is 0 Å². The molecule has 0 rings (SSSR count). The Morgan fingerprint density at radius 3 is 2.00 bits per heavy atom. The highest BCUT2D eigenvalue weighted by atomic mass is 32.2. The third-order valence-corrected chi connectivity index (χ3v) is 2.07. The third kappa shape index (κ3) is 7.00. The summed E-state index contributed by atoms with van der Waals surface area (Å²) in [5, 5.41) is 0. The van der Waals surface area contributed by atoms with Gasteiger partial charge in [-0.25, -0.2) is 0 Å². The molecule has 0 heterocycles. The molecule has 0 radical (unpaired) electrons. The van der Waals surface area contributed by atoms with Gasteiger partial charge >= 0.3 is 0 Å². The van der Waals surface area contributed by atoms with Crippen molar-refractivity contribution in [3.05, 3.63) is 0 Å². The van der Waals surface area contributed by atoms with Crippen LogP contribution in [0, 0.1) is 0 Å². The molecule has 4 N–H and O–H groups in total. The predicted molar refractivity (Wildman–Crippen MR) is 57.2 cm³/mol. The van der Waals surface area contributed by atoms with Crippen LogP contribution in [0.2, 0.25) is 0 Å². The van der Waals surface area contributed by atoms with Crippen LogP contribution < -0.4 is 11.5 Å². The fraction of sp³-hybridized carbons (Fsp3) is 1.00. The Bertz CT molecular complexity index is 98.4. The molecule has 0 saturated heterocycles. The molecule has 0 aromatic carbocycles. The second-order valence-corrected chi connectivity index (χ2v) is 4.53. The zero-order valence-corrected chi connectivity index (χ0v) is 8.69. The van der Waals surface area contributed by atoms with E-state index >= 15 is 0 Å². The van der Waals surface area contributed by atoms with Crippen LogP contribution in [0.5, 0.6) is 0 Å². The molecule has 0 aliphatic rings. The zero-order valence-electron chi connectivity index (χ0n) is 6.90. The fourth-order valence-electron chi connectivity index (χ4n) is 0.923. The van der Waals surface area contributed by atoms with Crippen LogP contribution in [-0.4, -0.2) is 16.7 Å². The van der Waals surface area contributed by atoms with Crippen LogP contribution in [0.4, 0.5) is 0 Å². The minimum atomic E-state index is 0.0778. The normalized spacial score (nSPS) is 16.9. The van der Waals surface area contributed by atoms with Gasteiger partial charge in [-0.15, -0.1) is 0 Å². The lowest BCUT2D eigenvalue weighted by Gasteiger charge is -2.16. The highest BCUT2D eigenvalue weighted by Crippen LogP contribution is 2.11. The maximum Gasteiger partial charge on any atom is 0.0457 e. The molecule has 0 fully saturated rings. The number of thiol groups is 2. The second-order valence-electron chi connectivity index (χ2n) is 2.88. The molecule has 0 aromatic rings. The van der Waals surface area contributed by atoms with E-state index in [0.717, 1.165) is 19.3 Å². The van der Waals surface area contributed by atoms with Crippen molar-refractivity contribution in [1.82, 2.24) is 0 Å². The van der Waals surface area contributed by atoms with Gasteiger partial charge in [-0.2, -0.15) is 25.3 Å². The number of rotatable bonds is 5. The summed E-state index contributed by atoms with van der Waals surface area (Å²) in [6.07, 6.45) is 2.67. The first-order chi connectivity index (χ1) is 5.06. The predicted octanol–water partition coefficient (Wildman–Crippen LogP) is 1.02. The van der Waals surface area contributed by atoms with Gasteiger partial charge in [-0.1, -0.05) is 6.92 Å².